The second-order valence-corrected chi connectivity index (χ2v) is 8.04. The molecule has 1 N–H and O–H groups in total. The van der Waals surface area contributed by atoms with Gasteiger partial charge in [0.25, 0.3) is 0 Å². The van der Waals surface area contributed by atoms with Gasteiger partial charge in [0.1, 0.15) is 5.01 Å². The van der Waals surface area contributed by atoms with Crippen LogP contribution in [0.1, 0.15) is 28.6 Å². The van der Waals surface area contributed by atoms with Crippen molar-refractivity contribution in [3.8, 4) is 0 Å². The zero-order valence-corrected chi connectivity index (χ0v) is 16.8. The number of amides is 1. The number of benzene rings is 2. The fourth-order valence-corrected chi connectivity index (χ4v) is 4.17. The van der Waals surface area contributed by atoms with Crippen molar-refractivity contribution in [2.45, 2.75) is 40.3 Å². The largest absolute Gasteiger partial charge is 0.324 e. The van der Waals surface area contributed by atoms with Gasteiger partial charge in [-0.15, -0.1) is 11.3 Å². The quantitative estimate of drug-likeness (QED) is 0.712. The Labute approximate surface area is 158 Å². The molecule has 0 saturated heterocycles. The molecule has 0 bridgehead atoms. The van der Waals surface area contributed by atoms with E-state index in [1.165, 1.54) is 10.3 Å². The van der Waals surface area contributed by atoms with Gasteiger partial charge in [-0.05, 0) is 58.0 Å². The van der Waals surface area contributed by atoms with Gasteiger partial charge in [0.15, 0.2) is 0 Å². The van der Waals surface area contributed by atoms with Crippen molar-refractivity contribution < 1.29 is 4.79 Å². The molecule has 0 radical (unpaired) electrons. The van der Waals surface area contributed by atoms with Crippen LogP contribution < -0.4 is 5.32 Å². The minimum absolute atomic E-state index is 0.00339. The number of aromatic nitrogens is 1. The third-order valence-electron chi connectivity index (χ3n) is 4.69. The molecule has 26 heavy (non-hydrogen) atoms. The maximum absolute atomic E-state index is 12.7. The van der Waals surface area contributed by atoms with Crippen LogP contribution in [0.4, 0.5) is 5.69 Å². The van der Waals surface area contributed by atoms with E-state index in [9.17, 15) is 4.79 Å². The predicted octanol–water partition coefficient (Wildman–Crippen LogP) is 4.68. The van der Waals surface area contributed by atoms with Crippen molar-refractivity contribution in [2.24, 2.45) is 0 Å². The first kappa shape index (κ1) is 18.5. The fraction of sp³-hybridized carbons (Fsp3) is 0.333. The van der Waals surface area contributed by atoms with Crippen LogP contribution in [0.2, 0.25) is 0 Å². The van der Waals surface area contributed by atoms with Crippen molar-refractivity contribution >= 4 is 33.1 Å². The molecule has 2 aromatic carbocycles. The Hall–Kier alpha value is -2.24. The van der Waals surface area contributed by atoms with Gasteiger partial charge in [-0.3, -0.25) is 9.69 Å². The zero-order valence-electron chi connectivity index (χ0n) is 16.0. The first-order valence-corrected chi connectivity index (χ1v) is 9.60. The molecule has 1 atom stereocenters. The highest BCUT2D eigenvalue weighted by atomic mass is 32.1. The lowest BCUT2D eigenvalue weighted by atomic mass is 10.0. The van der Waals surface area contributed by atoms with Crippen LogP contribution in [0.15, 0.2) is 36.4 Å². The van der Waals surface area contributed by atoms with Crippen LogP contribution in [0.25, 0.3) is 10.2 Å². The van der Waals surface area contributed by atoms with Crippen LogP contribution in [0.5, 0.6) is 0 Å². The number of likely N-dealkylation sites (N-methyl/N-ethyl adjacent to an activating group) is 1. The summed E-state index contributed by atoms with van der Waals surface area (Å²) in [6, 6.07) is 12.1. The average molecular weight is 368 g/mol. The molecule has 1 aromatic heterocycles. The van der Waals surface area contributed by atoms with E-state index < -0.39 is 0 Å². The standard InChI is InChI=1S/C21H25N3OS/c1-13-10-14(2)20(15(3)11-13)23-21(25)16(4)24(5)12-19-22-17-8-6-7-9-18(17)26-19/h6-11,16H,12H2,1-5H3,(H,23,25). The minimum atomic E-state index is -0.248. The Bertz CT molecular complexity index is 891. The van der Waals surface area contributed by atoms with E-state index in [4.69, 9.17) is 0 Å². The van der Waals surface area contributed by atoms with E-state index in [1.807, 2.05) is 50.9 Å². The molecule has 1 unspecified atom stereocenters. The maximum atomic E-state index is 12.7. The highest BCUT2D eigenvalue weighted by molar-refractivity contribution is 7.18. The van der Waals surface area contributed by atoms with E-state index in [1.54, 1.807) is 11.3 Å². The van der Waals surface area contributed by atoms with Crippen LogP contribution in [0.3, 0.4) is 0 Å². The molecule has 0 aliphatic rings. The number of nitrogens with zero attached hydrogens (tertiary/aromatic N) is 2. The predicted molar refractivity (Wildman–Crippen MR) is 110 cm³/mol. The second-order valence-electron chi connectivity index (χ2n) is 6.93. The number of thiazole rings is 1. The van der Waals surface area contributed by atoms with Gasteiger partial charge in [0, 0.05) is 5.69 Å². The Morgan fingerprint density at radius 3 is 2.50 bits per heavy atom. The molecule has 0 fully saturated rings. The Morgan fingerprint density at radius 2 is 1.85 bits per heavy atom. The number of carbonyl (C=O) groups is 1. The Balaban J connectivity index is 1.69. The second kappa shape index (κ2) is 7.56. The Kier molecular flexibility index (Phi) is 5.39. The molecule has 1 amide bonds. The first-order chi connectivity index (χ1) is 12.3. The average Bonchev–Trinajstić information content (AvgIpc) is 2.99. The van der Waals surface area contributed by atoms with Gasteiger partial charge in [0.05, 0.1) is 22.8 Å². The zero-order chi connectivity index (χ0) is 18.8. The monoisotopic (exact) mass is 367 g/mol. The van der Waals surface area contributed by atoms with E-state index in [2.05, 4.69) is 35.4 Å². The molecule has 3 rings (SSSR count). The number of fused-ring (bicyclic) bond motifs is 1. The summed E-state index contributed by atoms with van der Waals surface area (Å²) in [6.07, 6.45) is 0. The Morgan fingerprint density at radius 1 is 1.19 bits per heavy atom. The van der Waals surface area contributed by atoms with Crippen molar-refractivity contribution in [1.29, 1.82) is 0 Å². The van der Waals surface area contributed by atoms with Crippen molar-refractivity contribution in [3.05, 3.63) is 58.1 Å². The number of para-hydroxylation sites is 1. The summed E-state index contributed by atoms with van der Waals surface area (Å²) in [6.45, 7) is 8.72. The molecule has 0 saturated carbocycles. The van der Waals surface area contributed by atoms with Gasteiger partial charge in [0.2, 0.25) is 5.91 Å². The SMILES string of the molecule is Cc1cc(C)c(NC(=O)C(C)N(C)Cc2nc3ccccc3s2)c(C)c1. The fourth-order valence-electron chi connectivity index (χ4n) is 3.14. The number of anilines is 1. The van der Waals surface area contributed by atoms with E-state index in [0.717, 1.165) is 27.3 Å². The molecular weight excluding hydrogens is 342 g/mol. The number of hydrogen-bond acceptors (Lipinski definition) is 4. The van der Waals surface area contributed by atoms with Crippen molar-refractivity contribution in [2.75, 3.05) is 12.4 Å². The maximum Gasteiger partial charge on any atom is 0.241 e. The van der Waals surface area contributed by atoms with Gasteiger partial charge in [-0.1, -0.05) is 29.8 Å². The van der Waals surface area contributed by atoms with Crippen molar-refractivity contribution in [3.63, 3.8) is 0 Å². The number of hydrogen-bond donors (Lipinski definition) is 1. The lowest BCUT2D eigenvalue weighted by molar-refractivity contribution is -0.120. The molecule has 4 nitrogen and oxygen atoms in total. The summed E-state index contributed by atoms with van der Waals surface area (Å²) in [7, 11) is 1.96. The molecule has 0 spiro atoms. The van der Waals surface area contributed by atoms with E-state index in [0.29, 0.717) is 6.54 Å². The molecular formula is C21H25N3OS. The van der Waals surface area contributed by atoms with E-state index >= 15 is 0 Å². The third-order valence-corrected chi connectivity index (χ3v) is 5.71. The number of aryl methyl sites for hydroxylation is 3. The third kappa shape index (κ3) is 3.94. The molecule has 0 aliphatic heterocycles. The highest BCUT2D eigenvalue weighted by Gasteiger charge is 2.20. The van der Waals surface area contributed by atoms with Crippen molar-refractivity contribution in [1.82, 2.24) is 9.88 Å². The van der Waals surface area contributed by atoms with Gasteiger partial charge in [-0.2, -0.15) is 0 Å². The topological polar surface area (TPSA) is 45.2 Å². The lowest BCUT2D eigenvalue weighted by Gasteiger charge is -2.24. The number of rotatable bonds is 5. The van der Waals surface area contributed by atoms with Gasteiger partial charge in [-0.25, -0.2) is 4.98 Å². The summed E-state index contributed by atoms with van der Waals surface area (Å²) in [4.78, 5) is 19.4. The summed E-state index contributed by atoms with van der Waals surface area (Å²) in [5.41, 5.74) is 5.33. The normalized spacial score (nSPS) is 12.5. The summed E-state index contributed by atoms with van der Waals surface area (Å²) in [5, 5.41) is 4.13. The number of nitrogens with one attached hydrogen (secondary N) is 1. The number of carbonyl (C=O) groups excluding carboxylic acids is 1. The molecule has 3 aromatic rings. The van der Waals surface area contributed by atoms with Crippen LogP contribution >= 0.6 is 11.3 Å². The van der Waals surface area contributed by atoms with Gasteiger partial charge >= 0.3 is 0 Å². The summed E-state index contributed by atoms with van der Waals surface area (Å²) >= 11 is 1.68. The smallest absolute Gasteiger partial charge is 0.241 e. The molecule has 0 aliphatic carbocycles. The van der Waals surface area contributed by atoms with E-state index in [-0.39, 0.29) is 11.9 Å². The van der Waals surface area contributed by atoms with Crippen LogP contribution in [0, 0.1) is 20.8 Å². The van der Waals surface area contributed by atoms with Crippen LogP contribution in [-0.4, -0.2) is 28.9 Å². The molecule has 136 valence electrons. The summed E-state index contributed by atoms with van der Waals surface area (Å²) in [5.74, 6) is 0.00339. The minimum Gasteiger partial charge on any atom is -0.324 e. The van der Waals surface area contributed by atoms with Crippen LogP contribution in [-0.2, 0) is 11.3 Å². The highest BCUT2D eigenvalue weighted by Crippen LogP contribution is 2.24. The molecule has 1 heterocycles. The molecule has 5 heteroatoms. The summed E-state index contributed by atoms with van der Waals surface area (Å²) < 4.78 is 1.18. The first-order valence-electron chi connectivity index (χ1n) is 8.78. The van der Waals surface area contributed by atoms with Gasteiger partial charge < -0.3 is 5.32 Å². The lowest BCUT2D eigenvalue weighted by Crippen LogP contribution is -2.39.